The first-order valence-electron chi connectivity index (χ1n) is 8.16. The fraction of sp³-hybridized carbons (Fsp3) is 0.158. The van der Waals surface area contributed by atoms with Gasteiger partial charge in [0.15, 0.2) is 0 Å². The van der Waals surface area contributed by atoms with Crippen LogP contribution in [0.4, 0.5) is 11.4 Å². The molecule has 0 saturated carbocycles. The average Bonchev–Trinajstić information content (AvgIpc) is 2.66. The van der Waals surface area contributed by atoms with Gasteiger partial charge in [-0.15, -0.1) is 0 Å². The Morgan fingerprint density at radius 3 is 2.65 bits per heavy atom. The van der Waals surface area contributed by atoms with Crippen molar-refractivity contribution in [3.8, 4) is 0 Å². The zero-order chi connectivity index (χ0) is 18.5. The summed E-state index contributed by atoms with van der Waals surface area (Å²) in [5, 5.41) is 17.6. The Kier molecular flexibility index (Phi) is 5.07. The summed E-state index contributed by atoms with van der Waals surface area (Å²) < 4.78 is 0. The summed E-state index contributed by atoms with van der Waals surface area (Å²) in [6.07, 6.45) is 1.57. The Balaban J connectivity index is 1.75. The van der Waals surface area contributed by atoms with Crippen LogP contribution in [0.25, 0.3) is 10.9 Å². The Labute approximate surface area is 150 Å². The van der Waals surface area contributed by atoms with Crippen molar-refractivity contribution in [2.75, 3.05) is 5.32 Å². The second-order valence-corrected chi connectivity index (χ2v) is 5.86. The van der Waals surface area contributed by atoms with E-state index in [9.17, 15) is 14.9 Å². The number of nitro groups is 1. The van der Waals surface area contributed by atoms with Crippen molar-refractivity contribution < 1.29 is 9.72 Å². The van der Waals surface area contributed by atoms with Crippen LogP contribution >= 0.6 is 0 Å². The Bertz CT molecular complexity index is 944. The number of carbonyl (C=O) groups is 1. The van der Waals surface area contributed by atoms with Crippen LogP contribution in [-0.4, -0.2) is 21.9 Å². The molecule has 0 bridgehead atoms. The number of hydrogen-bond acceptors (Lipinski definition) is 5. The maximum Gasteiger partial charge on any atom is 0.278 e. The third kappa shape index (κ3) is 3.77. The van der Waals surface area contributed by atoms with Gasteiger partial charge < -0.3 is 10.6 Å². The monoisotopic (exact) mass is 350 g/mol. The zero-order valence-electron chi connectivity index (χ0n) is 14.2. The highest BCUT2D eigenvalue weighted by Crippen LogP contribution is 2.30. The van der Waals surface area contributed by atoms with E-state index in [4.69, 9.17) is 0 Å². The smallest absolute Gasteiger partial charge is 0.278 e. The number of benzene rings is 2. The summed E-state index contributed by atoms with van der Waals surface area (Å²) in [7, 11) is 0. The Morgan fingerprint density at radius 1 is 1.15 bits per heavy atom. The minimum absolute atomic E-state index is 0.0140. The molecular weight excluding hydrogens is 332 g/mol. The van der Waals surface area contributed by atoms with Gasteiger partial charge in [0.2, 0.25) is 5.91 Å². The molecule has 7 nitrogen and oxygen atoms in total. The molecule has 0 spiro atoms. The second kappa shape index (κ2) is 7.60. The van der Waals surface area contributed by atoms with E-state index >= 15 is 0 Å². The van der Waals surface area contributed by atoms with Gasteiger partial charge in [0, 0.05) is 18.8 Å². The van der Waals surface area contributed by atoms with Crippen molar-refractivity contribution in [3.63, 3.8) is 0 Å². The lowest BCUT2D eigenvalue weighted by Crippen LogP contribution is -2.37. The fourth-order valence-electron chi connectivity index (χ4n) is 2.67. The third-order valence-electron chi connectivity index (χ3n) is 4.02. The van der Waals surface area contributed by atoms with E-state index in [2.05, 4.69) is 15.6 Å². The highest BCUT2D eigenvalue weighted by molar-refractivity contribution is 5.98. The van der Waals surface area contributed by atoms with Gasteiger partial charge in [-0.2, -0.15) is 0 Å². The summed E-state index contributed by atoms with van der Waals surface area (Å²) >= 11 is 0. The van der Waals surface area contributed by atoms with Gasteiger partial charge in [0.1, 0.15) is 11.6 Å². The molecule has 1 unspecified atom stereocenters. The molecule has 1 heterocycles. The van der Waals surface area contributed by atoms with E-state index in [-0.39, 0.29) is 11.6 Å². The van der Waals surface area contributed by atoms with Crippen molar-refractivity contribution in [2.24, 2.45) is 0 Å². The van der Waals surface area contributed by atoms with Crippen LogP contribution in [-0.2, 0) is 11.3 Å². The van der Waals surface area contributed by atoms with Crippen LogP contribution in [0, 0.1) is 10.1 Å². The van der Waals surface area contributed by atoms with Crippen LogP contribution in [0.2, 0.25) is 0 Å². The maximum atomic E-state index is 12.3. The van der Waals surface area contributed by atoms with E-state index in [1.807, 2.05) is 30.3 Å². The Morgan fingerprint density at radius 2 is 1.92 bits per heavy atom. The third-order valence-corrected chi connectivity index (χ3v) is 4.02. The summed E-state index contributed by atoms with van der Waals surface area (Å²) in [6, 6.07) is 15.4. The van der Waals surface area contributed by atoms with Crippen LogP contribution in [0.5, 0.6) is 0 Å². The molecule has 0 fully saturated rings. The van der Waals surface area contributed by atoms with Crippen LogP contribution < -0.4 is 10.6 Å². The molecule has 0 aliphatic rings. The fourth-order valence-corrected chi connectivity index (χ4v) is 2.67. The number of anilines is 1. The van der Waals surface area contributed by atoms with Gasteiger partial charge in [-0.25, -0.2) is 0 Å². The molecular formula is C19H18N4O3. The molecule has 0 aliphatic carbocycles. The molecule has 3 aromatic rings. The molecule has 1 atom stereocenters. The molecule has 0 radical (unpaired) electrons. The number of aromatic nitrogens is 1. The minimum Gasteiger partial charge on any atom is -0.372 e. The minimum atomic E-state index is -0.523. The van der Waals surface area contributed by atoms with Crippen molar-refractivity contribution >= 4 is 28.2 Å². The molecule has 2 aromatic carbocycles. The number of nitrogens with one attached hydrogen (secondary N) is 2. The maximum absolute atomic E-state index is 12.3. The van der Waals surface area contributed by atoms with E-state index in [0.29, 0.717) is 23.1 Å². The van der Waals surface area contributed by atoms with E-state index in [1.54, 1.807) is 31.3 Å². The number of rotatable bonds is 6. The van der Waals surface area contributed by atoms with Crippen molar-refractivity contribution in [1.82, 2.24) is 10.3 Å². The molecule has 1 aromatic heterocycles. The molecule has 1 amide bonds. The number of nitro benzene ring substituents is 1. The molecule has 3 rings (SSSR count). The first kappa shape index (κ1) is 17.3. The first-order chi connectivity index (χ1) is 12.6. The van der Waals surface area contributed by atoms with Gasteiger partial charge in [0.05, 0.1) is 16.0 Å². The van der Waals surface area contributed by atoms with E-state index in [0.717, 1.165) is 5.56 Å². The predicted molar refractivity (Wildman–Crippen MR) is 99.8 cm³/mol. The largest absolute Gasteiger partial charge is 0.372 e. The number of nitrogens with zero attached hydrogens (tertiary/aromatic N) is 2. The lowest BCUT2D eigenvalue weighted by Gasteiger charge is -2.16. The van der Waals surface area contributed by atoms with Crippen LogP contribution in [0.3, 0.4) is 0 Å². The summed E-state index contributed by atoms with van der Waals surface area (Å²) in [5.74, 6) is -0.170. The molecule has 0 aliphatic heterocycles. The Hall–Kier alpha value is -3.48. The quantitative estimate of drug-likeness (QED) is 0.525. The normalized spacial score (nSPS) is 11.7. The van der Waals surface area contributed by atoms with Gasteiger partial charge in [-0.1, -0.05) is 30.3 Å². The number of fused-ring (bicyclic) bond motifs is 1. The van der Waals surface area contributed by atoms with E-state index in [1.165, 1.54) is 6.07 Å². The van der Waals surface area contributed by atoms with Gasteiger partial charge in [0.25, 0.3) is 5.69 Å². The van der Waals surface area contributed by atoms with Crippen molar-refractivity contribution in [1.29, 1.82) is 0 Å². The lowest BCUT2D eigenvalue weighted by atomic mass is 10.1. The van der Waals surface area contributed by atoms with Gasteiger partial charge >= 0.3 is 0 Å². The van der Waals surface area contributed by atoms with E-state index < -0.39 is 11.0 Å². The number of non-ortho nitro benzene ring substituents is 1. The molecule has 26 heavy (non-hydrogen) atoms. The molecule has 132 valence electrons. The molecule has 0 saturated heterocycles. The number of amides is 1. The molecule has 7 heteroatoms. The second-order valence-electron chi connectivity index (χ2n) is 5.86. The highest BCUT2D eigenvalue weighted by Gasteiger charge is 2.18. The van der Waals surface area contributed by atoms with Gasteiger partial charge in [-0.05, 0) is 30.7 Å². The summed E-state index contributed by atoms with van der Waals surface area (Å²) in [4.78, 5) is 27.3. The average molecular weight is 350 g/mol. The van der Waals surface area contributed by atoms with Crippen molar-refractivity contribution in [2.45, 2.75) is 19.5 Å². The first-order valence-corrected chi connectivity index (χ1v) is 8.16. The molecule has 2 N–H and O–H groups in total. The topological polar surface area (TPSA) is 97.2 Å². The highest BCUT2D eigenvalue weighted by atomic mass is 16.6. The standard InChI is InChI=1S/C19H18N4O3/c1-13(19(24)21-12-14-6-3-2-4-7-14)22-16-9-10-17(23(25)26)15-8-5-11-20-18(15)16/h2-11,13,22H,12H2,1H3,(H,21,24). The number of hydrogen-bond donors (Lipinski definition) is 2. The number of carbonyl (C=O) groups excluding carboxylic acids is 1. The summed E-state index contributed by atoms with van der Waals surface area (Å²) in [5.41, 5.74) is 2.04. The lowest BCUT2D eigenvalue weighted by molar-refractivity contribution is -0.383. The SMILES string of the molecule is CC(Nc1ccc([N+](=O)[O-])c2cccnc12)C(=O)NCc1ccccc1. The van der Waals surface area contributed by atoms with Crippen LogP contribution in [0.15, 0.2) is 60.8 Å². The van der Waals surface area contributed by atoms with Gasteiger partial charge in [-0.3, -0.25) is 19.9 Å². The van der Waals surface area contributed by atoms with Crippen LogP contribution in [0.1, 0.15) is 12.5 Å². The zero-order valence-corrected chi connectivity index (χ0v) is 14.2. The predicted octanol–water partition coefficient (Wildman–Crippen LogP) is 3.26. The van der Waals surface area contributed by atoms with Crippen molar-refractivity contribution in [3.05, 3.63) is 76.5 Å². The summed E-state index contributed by atoms with van der Waals surface area (Å²) in [6.45, 7) is 2.17. The number of pyridine rings is 1.